The number of aryl methyl sites for hydroxylation is 1. The summed E-state index contributed by atoms with van der Waals surface area (Å²) in [6, 6.07) is 10.5. The fourth-order valence-electron chi connectivity index (χ4n) is 1.56. The van der Waals surface area contributed by atoms with Crippen LogP contribution in [0.4, 0.5) is 10.1 Å². The predicted octanol–water partition coefficient (Wildman–Crippen LogP) is 4.66. The predicted molar refractivity (Wildman–Crippen MR) is 76.6 cm³/mol. The van der Waals surface area contributed by atoms with Crippen LogP contribution in [0.5, 0.6) is 0 Å². The first-order valence-corrected chi connectivity index (χ1v) is 6.86. The van der Waals surface area contributed by atoms with Crippen molar-refractivity contribution in [2.24, 2.45) is 0 Å². The lowest BCUT2D eigenvalue weighted by atomic mass is 10.2. The highest BCUT2D eigenvalue weighted by atomic mass is 35.5. The Morgan fingerprint density at radius 2 is 2.06 bits per heavy atom. The van der Waals surface area contributed by atoms with Crippen molar-refractivity contribution >= 4 is 29.1 Å². The molecule has 0 amide bonds. The number of nitrogen functional groups attached to an aromatic ring is 1. The van der Waals surface area contributed by atoms with E-state index in [2.05, 4.69) is 0 Å². The van der Waals surface area contributed by atoms with Crippen molar-refractivity contribution in [2.45, 2.75) is 17.6 Å². The van der Waals surface area contributed by atoms with Crippen LogP contribution in [0.25, 0.3) is 0 Å². The summed E-state index contributed by atoms with van der Waals surface area (Å²) in [5.41, 5.74) is 8.09. The van der Waals surface area contributed by atoms with Gasteiger partial charge in [-0.2, -0.15) is 0 Å². The third-order valence-electron chi connectivity index (χ3n) is 2.69. The SMILES string of the molecule is Cc1cc(SCc2c(F)cccc2Cl)ccc1N. The molecule has 0 saturated heterocycles. The molecule has 0 unspecified atom stereocenters. The van der Waals surface area contributed by atoms with Gasteiger partial charge < -0.3 is 5.73 Å². The minimum Gasteiger partial charge on any atom is -0.399 e. The largest absolute Gasteiger partial charge is 0.399 e. The van der Waals surface area contributed by atoms with Gasteiger partial charge in [0.25, 0.3) is 0 Å². The van der Waals surface area contributed by atoms with Gasteiger partial charge >= 0.3 is 0 Å². The topological polar surface area (TPSA) is 26.0 Å². The van der Waals surface area contributed by atoms with Crippen LogP contribution in [-0.4, -0.2) is 0 Å². The van der Waals surface area contributed by atoms with Crippen molar-refractivity contribution in [3.63, 3.8) is 0 Å². The van der Waals surface area contributed by atoms with Gasteiger partial charge in [0.15, 0.2) is 0 Å². The summed E-state index contributed by atoms with van der Waals surface area (Å²) in [4.78, 5) is 1.06. The summed E-state index contributed by atoms with van der Waals surface area (Å²) in [6.45, 7) is 1.95. The van der Waals surface area contributed by atoms with Gasteiger partial charge in [0.05, 0.1) is 0 Å². The van der Waals surface area contributed by atoms with E-state index in [1.165, 1.54) is 6.07 Å². The van der Waals surface area contributed by atoms with Gasteiger partial charge in [0, 0.05) is 26.9 Å². The summed E-state index contributed by atoms with van der Waals surface area (Å²) < 4.78 is 13.6. The standard InChI is InChI=1S/C14H13ClFNS/c1-9-7-10(5-6-14(9)17)18-8-11-12(15)3-2-4-13(11)16/h2-7H,8,17H2,1H3. The molecule has 0 radical (unpaired) electrons. The molecule has 18 heavy (non-hydrogen) atoms. The van der Waals surface area contributed by atoms with Gasteiger partial charge in [-0.05, 0) is 42.8 Å². The molecule has 0 bridgehead atoms. The third-order valence-corrected chi connectivity index (χ3v) is 4.06. The molecule has 4 heteroatoms. The van der Waals surface area contributed by atoms with E-state index in [1.807, 2.05) is 25.1 Å². The Balaban J connectivity index is 2.14. The van der Waals surface area contributed by atoms with Crippen LogP contribution in [0.15, 0.2) is 41.3 Å². The molecular formula is C14H13ClFNS. The highest BCUT2D eigenvalue weighted by Gasteiger charge is 2.07. The lowest BCUT2D eigenvalue weighted by Crippen LogP contribution is -1.91. The second-order valence-corrected chi connectivity index (χ2v) is 5.46. The molecule has 0 aliphatic heterocycles. The van der Waals surface area contributed by atoms with E-state index >= 15 is 0 Å². The molecule has 0 atom stereocenters. The van der Waals surface area contributed by atoms with E-state index in [0.29, 0.717) is 16.3 Å². The normalized spacial score (nSPS) is 10.6. The summed E-state index contributed by atoms with van der Waals surface area (Å²) in [6.07, 6.45) is 0. The van der Waals surface area contributed by atoms with Crippen molar-refractivity contribution in [1.82, 2.24) is 0 Å². The average molecular weight is 282 g/mol. The van der Waals surface area contributed by atoms with Crippen LogP contribution >= 0.6 is 23.4 Å². The zero-order valence-electron chi connectivity index (χ0n) is 9.91. The van der Waals surface area contributed by atoms with Crippen molar-refractivity contribution < 1.29 is 4.39 Å². The maximum absolute atomic E-state index is 13.6. The zero-order valence-corrected chi connectivity index (χ0v) is 11.5. The molecule has 94 valence electrons. The van der Waals surface area contributed by atoms with E-state index in [1.54, 1.807) is 23.9 Å². The minimum atomic E-state index is -0.262. The molecule has 2 rings (SSSR count). The highest BCUT2D eigenvalue weighted by Crippen LogP contribution is 2.29. The van der Waals surface area contributed by atoms with E-state index in [4.69, 9.17) is 17.3 Å². The molecule has 0 aromatic heterocycles. The molecule has 0 spiro atoms. The van der Waals surface area contributed by atoms with Crippen LogP contribution in [-0.2, 0) is 5.75 Å². The fourth-order valence-corrected chi connectivity index (χ4v) is 2.90. The van der Waals surface area contributed by atoms with Crippen molar-refractivity contribution in [3.05, 3.63) is 58.4 Å². The Labute approximate surface area is 115 Å². The average Bonchev–Trinajstić information content (AvgIpc) is 2.33. The number of thioether (sulfide) groups is 1. The number of hydrogen-bond acceptors (Lipinski definition) is 2. The Hall–Kier alpha value is -1.19. The quantitative estimate of drug-likeness (QED) is 0.654. The second-order valence-electron chi connectivity index (χ2n) is 4.01. The number of benzene rings is 2. The summed E-state index contributed by atoms with van der Waals surface area (Å²) in [7, 11) is 0. The summed E-state index contributed by atoms with van der Waals surface area (Å²) in [5.74, 6) is 0.247. The van der Waals surface area contributed by atoms with Crippen LogP contribution < -0.4 is 5.73 Å². The second kappa shape index (κ2) is 5.63. The molecule has 2 aromatic rings. The third kappa shape index (κ3) is 2.98. The number of rotatable bonds is 3. The molecule has 0 saturated carbocycles. The Bertz CT molecular complexity index is 551. The lowest BCUT2D eigenvalue weighted by molar-refractivity contribution is 0.617. The molecule has 1 nitrogen and oxygen atoms in total. The fraction of sp³-hybridized carbons (Fsp3) is 0.143. The van der Waals surface area contributed by atoms with Crippen LogP contribution in [0.3, 0.4) is 0 Å². The molecule has 0 aliphatic rings. The molecule has 2 N–H and O–H groups in total. The smallest absolute Gasteiger partial charge is 0.128 e. The maximum atomic E-state index is 13.6. The number of anilines is 1. The van der Waals surface area contributed by atoms with Crippen molar-refractivity contribution in [1.29, 1.82) is 0 Å². The Kier molecular flexibility index (Phi) is 4.15. The Morgan fingerprint density at radius 1 is 1.28 bits per heavy atom. The highest BCUT2D eigenvalue weighted by molar-refractivity contribution is 7.98. The lowest BCUT2D eigenvalue weighted by Gasteiger charge is -2.07. The minimum absolute atomic E-state index is 0.262. The first-order chi connectivity index (χ1) is 8.58. The zero-order chi connectivity index (χ0) is 13.1. The molecule has 2 aromatic carbocycles. The number of nitrogens with two attached hydrogens (primary N) is 1. The van der Waals surface area contributed by atoms with Crippen LogP contribution in [0.1, 0.15) is 11.1 Å². The van der Waals surface area contributed by atoms with Gasteiger partial charge in [0.1, 0.15) is 5.82 Å². The first kappa shape index (κ1) is 13.2. The summed E-state index contributed by atoms with van der Waals surface area (Å²) >= 11 is 7.52. The molecule has 0 heterocycles. The number of hydrogen-bond donors (Lipinski definition) is 1. The summed E-state index contributed by atoms with van der Waals surface area (Å²) in [5, 5.41) is 0.467. The number of halogens is 2. The van der Waals surface area contributed by atoms with Gasteiger partial charge in [-0.25, -0.2) is 4.39 Å². The van der Waals surface area contributed by atoms with Crippen LogP contribution in [0, 0.1) is 12.7 Å². The van der Waals surface area contributed by atoms with Crippen molar-refractivity contribution in [2.75, 3.05) is 5.73 Å². The molecular weight excluding hydrogens is 269 g/mol. The van der Waals surface area contributed by atoms with Crippen LogP contribution in [0.2, 0.25) is 5.02 Å². The van der Waals surface area contributed by atoms with E-state index in [9.17, 15) is 4.39 Å². The van der Waals surface area contributed by atoms with Gasteiger partial charge in [-0.3, -0.25) is 0 Å². The van der Waals surface area contributed by atoms with Gasteiger partial charge in [-0.1, -0.05) is 17.7 Å². The first-order valence-electron chi connectivity index (χ1n) is 5.50. The molecule has 0 aliphatic carbocycles. The van der Waals surface area contributed by atoms with E-state index < -0.39 is 0 Å². The monoisotopic (exact) mass is 281 g/mol. The van der Waals surface area contributed by atoms with Crippen molar-refractivity contribution in [3.8, 4) is 0 Å². The van der Waals surface area contributed by atoms with E-state index in [-0.39, 0.29) is 5.82 Å². The Morgan fingerprint density at radius 3 is 2.72 bits per heavy atom. The maximum Gasteiger partial charge on any atom is 0.128 e. The van der Waals surface area contributed by atoms with E-state index in [0.717, 1.165) is 16.1 Å². The van der Waals surface area contributed by atoms with Gasteiger partial charge in [-0.15, -0.1) is 11.8 Å². The van der Waals surface area contributed by atoms with Gasteiger partial charge in [0.2, 0.25) is 0 Å². The molecule has 0 fully saturated rings.